The maximum Gasteiger partial charge on any atom is 0.134 e. The minimum Gasteiger partial charge on any atom is -0.464 e. The van der Waals surface area contributed by atoms with Crippen molar-refractivity contribution in [2.75, 3.05) is 13.6 Å². The van der Waals surface area contributed by atoms with E-state index in [0.29, 0.717) is 5.02 Å². The molecule has 4 heteroatoms. The van der Waals surface area contributed by atoms with Gasteiger partial charge in [-0.3, -0.25) is 0 Å². The lowest BCUT2D eigenvalue weighted by Crippen LogP contribution is -2.31. The molecule has 0 bridgehead atoms. The number of fused-ring (bicyclic) bond motifs is 3. The standard InChI is InChI=1S/C18H15ClFNO/c1-21-9-16(11-6-12(19)8-13(20)7-11)14-2-3-18-15(4-5-22-18)17(14)10-21/h2-8,16H,9-10H2,1H3. The Morgan fingerprint density at radius 1 is 1.23 bits per heavy atom. The molecule has 2 aromatic carbocycles. The van der Waals surface area contributed by atoms with Gasteiger partial charge in [0, 0.05) is 29.4 Å². The van der Waals surface area contributed by atoms with Gasteiger partial charge in [0.25, 0.3) is 0 Å². The van der Waals surface area contributed by atoms with E-state index in [1.54, 1.807) is 12.3 Å². The summed E-state index contributed by atoms with van der Waals surface area (Å²) >= 11 is 6.04. The monoisotopic (exact) mass is 315 g/mol. The fourth-order valence-electron chi connectivity index (χ4n) is 3.43. The van der Waals surface area contributed by atoms with Crippen molar-refractivity contribution in [1.82, 2.24) is 4.90 Å². The normalized spacial score (nSPS) is 18.6. The number of hydrogen-bond acceptors (Lipinski definition) is 2. The molecule has 112 valence electrons. The van der Waals surface area contributed by atoms with Crippen LogP contribution in [0.4, 0.5) is 4.39 Å². The van der Waals surface area contributed by atoms with E-state index < -0.39 is 0 Å². The average Bonchev–Trinajstić information content (AvgIpc) is 2.94. The van der Waals surface area contributed by atoms with Crippen molar-refractivity contribution < 1.29 is 8.81 Å². The number of rotatable bonds is 1. The van der Waals surface area contributed by atoms with Crippen LogP contribution in [0.5, 0.6) is 0 Å². The van der Waals surface area contributed by atoms with Crippen LogP contribution < -0.4 is 0 Å². The first-order valence-corrected chi connectivity index (χ1v) is 7.63. The van der Waals surface area contributed by atoms with E-state index in [2.05, 4.69) is 18.0 Å². The molecule has 0 radical (unpaired) electrons. The van der Waals surface area contributed by atoms with Gasteiger partial charge in [0.15, 0.2) is 0 Å². The quantitative estimate of drug-likeness (QED) is 0.641. The van der Waals surface area contributed by atoms with E-state index in [1.165, 1.54) is 17.2 Å². The van der Waals surface area contributed by atoms with Gasteiger partial charge in [-0.1, -0.05) is 17.7 Å². The van der Waals surface area contributed by atoms with Crippen molar-refractivity contribution in [1.29, 1.82) is 0 Å². The third-order valence-corrected chi connectivity index (χ3v) is 4.59. The van der Waals surface area contributed by atoms with E-state index >= 15 is 0 Å². The second-order valence-corrected chi connectivity index (χ2v) is 6.35. The largest absolute Gasteiger partial charge is 0.464 e. The minimum absolute atomic E-state index is 0.112. The minimum atomic E-state index is -0.290. The van der Waals surface area contributed by atoms with Crippen LogP contribution in [0.2, 0.25) is 5.02 Å². The highest BCUT2D eigenvalue weighted by molar-refractivity contribution is 6.30. The van der Waals surface area contributed by atoms with Crippen LogP contribution in [-0.4, -0.2) is 18.5 Å². The smallest absolute Gasteiger partial charge is 0.134 e. The van der Waals surface area contributed by atoms with Crippen LogP contribution in [0.3, 0.4) is 0 Å². The lowest BCUT2D eigenvalue weighted by atomic mass is 9.83. The lowest BCUT2D eigenvalue weighted by Gasteiger charge is -2.33. The molecule has 0 amide bonds. The summed E-state index contributed by atoms with van der Waals surface area (Å²) in [7, 11) is 2.08. The molecular formula is C18H15ClFNO. The van der Waals surface area contributed by atoms with Crippen molar-refractivity contribution in [3.63, 3.8) is 0 Å². The molecule has 1 aliphatic heterocycles. The summed E-state index contributed by atoms with van der Waals surface area (Å²) in [4.78, 5) is 2.25. The Morgan fingerprint density at radius 2 is 2.09 bits per heavy atom. The van der Waals surface area contributed by atoms with E-state index in [0.717, 1.165) is 29.6 Å². The van der Waals surface area contributed by atoms with Crippen molar-refractivity contribution in [2.24, 2.45) is 0 Å². The zero-order valence-electron chi connectivity index (χ0n) is 12.1. The maximum absolute atomic E-state index is 13.7. The molecule has 1 atom stereocenters. The average molecular weight is 316 g/mol. The molecule has 2 heterocycles. The van der Waals surface area contributed by atoms with Crippen LogP contribution in [-0.2, 0) is 6.54 Å². The Bertz CT molecular complexity index is 837. The van der Waals surface area contributed by atoms with E-state index in [-0.39, 0.29) is 11.7 Å². The Balaban J connectivity index is 1.91. The SMILES string of the molecule is CN1Cc2c(ccc3occc23)C(c2cc(F)cc(Cl)c2)C1. The molecule has 0 saturated carbocycles. The molecule has 22 heavy (non-hydrogen) atoms. The predicted octanol–water partition coefficient (Wildman–Crippen LogP) is 4.80. The van der Waals surface area contributed by atoms with E-state index in [4.69, 9.17) is 16.0 Å². The maximum atomic E-state index is 13.7. The molecule has 0 spiro atoms. The third-order valence-electron chi connectivity index (χ3n) is 4.37. The number of furan rings is 1. The fourth-order valence-corrected chi connectivity index (χ4v) is 3.66. The van der Waals surface area contributed by atoms with Gasteiger partial charge in [-0.25, -0.2) is 4.39 Å². The summed E-state index contributed by atoms with van der Waals surface area (Å²) in [5.74, 6) is -0.178. The molecular weight excluding hydrogens is 301 g/mol. The number of benzene rings is 2. The number of halogens is 2. The molecule has 3 aromatic rings. The van der Waals surface area contributed by atoms with Crippen LogP contribution in [0.25, 0.3) is 11.0 Å². The molecule has 2 nitrogen and oxygen atoms in total. The van der Waals surface area contributed by atoms with E-state index in [9.17, 15) is 4.39 Å². The van der Waals surface area contributed by atoms with Crippen LogP contribution in [0, 0.1) is 5.82 Å². The van der Waals surface area contributed by atoms with Gasteiger partial charge in [0.1, 0.15) is 11.4 Å². The highest BCUT2D eigenvalue weighted by Crippen LogP contribution is 2.37. The van der Waals surface area contributed by atoms with Crippen molar-refractivity contribution in [3.8, 4) is 0 Å². The zero-order chi connectivity index (χ0) is 15.3. The molecule has 4 rings (SSSR count). The molecule has 0 N–H and O–H groups in total. The summed E-state index contributed by atoms with van der Waals surface area (Å²) in [6.07, 6.45) is 1.72. The third kappa shape index (κ3) is 2.21. The van der Waals surface area contributed by atoms with Gasteiger partial charge >= 0.3 is 0 Å². The summed E-state index contributed by atoms with van der Waals surface area (Å²) < 4.78 is 19.2. The Hall–Kier alpha value is -1.84. The van der Waals surface area contributed by atoms with Gasteiger partial charge in [0.05, 0.1) is 6.26 Å². The number of nitrogens with zero attached hydrogens (tertiary/aromatic N) is 1. The first kappa shape index (κ1) is 13.8. The fraction of sp³-hybridized carbons (Fsp3) is 0.222. The first-order valence-electron chi connectivity index (χ1n) is 7.25. The van der Waals surface area contributed by atoms with E-state index in [1.807, 2.05) is 18.2 Å². The summed E-state index contributed by atoms with van der Waals surface area (Å²) in [5.41, 5.74) is 4.30. The Morgan fingerprint density at radius 3 is 2.91 bits per heavy atom. The molecule has 0 saturated heterocycles. The molecule has 1 aliphatic rings. The van der Waals surface area contributed by atoms with Gasteiger partial charge in [0.2, 0.25) is 0 Å². The molecule has 0 aliphatic carbocycles. The highest BCUT2D eigenvalue weighted by Gasteiger charge is 2.27. The molecule has 0 fully saturated rings. The van der Waals surface area contributed by atoms with Crippen molar-refractivity contribution >= 4 is 22.6 Å². The number of likely N-dealkylation sites (N-methyl/N-ethyl adjacent to an activating group) is 1. The Kier molecular flexibility index (Phi) is 3.21. The van der Waals surface area contributed by atoms with Gasteiger partial charge in [-0.05, 0) is 54.1 Å². The van der Waals surface area contributed by atoms with Crippen LogP contribution >= 0.6 is 11.6 Å². The predicted molar refractivity (Wildman–Crippen MR) is 85.8 cm³/mol. The van der Waals surface area contributed by atoms with Crippen molar-refractivity contribution in [2.45, 2.75) is 12.5 Å². The molecule has 1 aromatic heterocycles. The molecule has 1 unspecified atom stereocenters. The van der Waals surface area contributed by atoms with Crippen LogP contribution in [0.15, 0.2) is 47.1 Å². The second-order valence-electron chi connectivity index (χ2n) is 5.92. The summed E-state index contributed by atoms with van der Waals surface area (Å²) in [6, 6.07) is 10.9. The number of hydrogen-bond donors (Lipinski definition) is 0. The van der Waals surface area contributed by atoms with Gasteiger partial charge in [-0.15, -0.1) is 0 Å². The van der Waals surface area contributed by atoms with Gasteiger partial charge in [-0.2, -0.15) is 0 Å². The zero-order valence-corrected chi connectivity index (χ0v) is 12.9. The first-order chi connectivity index (χ1) is 10.6. The van der Waals surface area contributed by atoms with Crippen LogP contribution in [0.1, 0.15) is 22.6 Å². The Labute approximate surface area is 133 Å². The lowest BCUT2D eigenvalue weighted by molar-refractivity contribution is 0.296. The topological polar surface area (TPSA) is 16.4 Å². The second kappa shape index (κ2) is 5.11. The van der Waals surface area contributed by atoms with Gasteiger partial charge < -0.3 is 9.32 Å². The summed E-state index contributed by atoms with van der Waals surface area (Å²) in [5, 5.41) is 1.57. The van der Waals surface area contributed by atoms with Crippen molar-refractivity contribution in [3.05, 3.63) is 70.2 Å². The highest BCUT2D eigenvalue weighted by atomic mass is 35.5. The summed E-state index contributed by atoms with van der Waals surface area (Å²) in [6.45, 7) is 1.71.